The number of fused-ring (bicyclic) bond motifs is 3. The Bertz CT molecular complexity index is 1270. The van der Waals surface area contributed by atoms with Crippen LogP contribution in [0.2, 0.25) is 0 Å². The summed E-state index contributed by atoms with van der Waals surface area (Å²) < 4.78 is 15.5. The Morgan fingerprint density at radius 3 is 2.81 bits per heavy atom. The molecule has 4 heterocycles. The van der Waals surface area contributed by atoms with Crippen LogP contribution in [-0.2, 0) is 11.2 Å². The highest BCUT2D eigenvalue weighted by atomic mass is 19.1. The molecule has 2 aliphatic heterocycles. The van der Waals surface area contributed by atoms with Gasteiger partial charge in [0.2, 0.25) is 5.91 Å². The molecule has 2 aromatic heterocycles. The first-order valence-electron chi connectivity index (χ1n) is 10.4. The van der Waals surface area contributed by atoms with Gasteiger partial charge in [-0.1, -0.05) is 18.2 Å². The number of aliphatic imine (C=N–C) groups is 1. The topological polar surface area (TPSA) is 76.3 Å². The van der Waals surface area contributed by atoms with Gasteiger partial charge in [0.25, 0.3) is 0 Å². The van der Waals surface area contributed by atoms with Gasteiger partial charge >= 0.3 is 0 Å². The van der Waals surface area contributed by atoms with Crippen molar-refractivity contribution in [3.63, 3.8) is 0 Å². The van der Waals surface area contributed by atoms with Crippen molar-refractivity contribution in [1.29, 1.82) is 0 Å². The largest absolute Gasteiger partial charge is 0.310 e. The van der Waals surface area contributed by atoms with Gasteiger partial charge in [-0.25, -0.2) is 14.1 Å². The van der Waals surface area contributed by atoms with E-state index < -0.39 is 0 Å². The third-order valence-corrected chi connectivity index (χ3v) is 5.96. The summed E-state index contributed by atoms with van der Waals surface area (Å²) in [6.45, 7) is 0.603. The van der Waals surface area contributed by atoms with Crippen molar-refractivity contribution in [2.45, 2.75) is 25.2 Å². The fourth-order valence-electron chi connectivity index (χ4n) is 4.25. The van der Waals surface area contributed by atoms with E-state index in [1.807, 2.05) is 24.3 Å². The lowest BCUT2D eigenvalue weighted by Crippen LogP contribution is -2.36. The van der Waals surface area contributed by atoms with Crippen molar-refractivity contribution in [2.75, 3.05) is 13.1 Å². The van der Waals surface area contributed by atoms with Gasteiger partial charge in [0.05, 0.1) is 11.4 Å². The number of halogens is 1. The minimum absolute atomic E-state index is 0.0521. The molecular formula is C23H19FN6O. The molecule has 154 valence electrons. The Labute approximate surface area is 178 Å². The van der Waals surface area contributed by atoms with Crippen molar-refractivity contribution in [3.8, 4) is 11.3 Å². The number of nitrogens with zero attached hydrogens (tertiary/aromatic N) is 6. The maximum absolute atomic E-state index is 13.8. The molecule has 0 unspecified atom stereocenters. The summed E-state index contributed by atoms with van der Waals surface area (Å²) in [5, 5.41) is 4.58. The van der Waals surface area contributed by atoms with Crippen LogP contribution < -0.4 is 0 Å². The molecule has 6 rings (SSSR count). The quantitative estimate of drug-likeness (QED) is 0.646. The summed E-state index contributed by atoms with van der Waals surface area (Å²) in [6.07, 6.45) is 7.94. The smallest absolute Gasteiger partial charge is 0.248 e. The second-order valence-electron chi connectivity index (χ2n) is 8.01. The van der Waals surface area contributed by atoms with Crippen LogP contribution >= 0.6 is 0 Å². The van der Waals surface area contributed by atoms with Gasteiger partial charge in [0.1, 0.15) is 18.7 Å². The van der Waals surface area contributed by atoms with Crippen LogP contribution in [0, 0.1) is 5.82 Å². The Morgan fingerprint density at radius 1 is 1.10 bits per heavy atom. The fourth-order valence-corrected chi connectivity index (χ4v) is 4.25. The molecule has 0 spiro atoms. The van der Waals surface area contributed by atoms with Crippen molar-refractivity contribution >= 4 is 17.4 Å². The van der Waals surface area contributed by atoms with Crippen LogP contribution in [0.1, 0.15) is 35.7 Å². The first kappa shape index (κ1) is 18.1. The normalized spacial score (nSPS) is 18.1. The number of pyridine rings is 1. The van der Waals surface area contributed by atoms with E-state index in [1.54, 1.807) is 15.9 Å². The highest BCUT2D eigenvalue weighted by molar-refractivity contribution is 6.06. The maximum atomic E-state index is 13.8. The first-order valence-corrected chi connectivity index (χ1v) is 10.4. The van der Waals surface area contributed by atoms with Gasteiger partial charge < -0.3 is 4.90 Å². The third-order valence-electron chi connectivity index (χ3n) is 5.96. The molecule has 7 nitrogen and oxygen atoms in total. The van der Waals surface area contributed by atoms with Gasteiger partial charge in [-0.15, -0.1) is 5.10 Å². The highest BCUT2D eigenvalue weighted by Crippen LogP contribution is 2.38. The summed E-state index contributed by atoms with van der Waals surface area (Å²) in [6, 6.07) is 8.63. The van der Waals surface area contributed by atoms with Crippen LogP contribution in [0.5, 0.6) is 0 Å². The van der Waals surface area contributed by atoms with Crippen molar-refractivity contribution < 1.29 is 9.18 Å². The summed E-state index contributed by atoms with van der Waals surface area (Å²) in [5.41, 5.74) is 4.23. The molecule has 1 amide bonds. The molecule has 31 heavy (non-hydrogen) atoms. The number of allylic oxidation sites excluding steroid dienone is 1. The average Bonchev–Trinajstić information content (AvgIpc) is 3.55. The molecular weight excluding hydrogens is 395 g/mol. The molecule has 3 aromatic rings. The number of hydrogen-bond donors (Lipinski definition) is 0. The molecule has 1 saturated carbocycles. The summed E-state index contributed by atoms with van der Waals surface area (Å²) in [7, 11) is 0. The maximum Gasteiger partial charge on any atom is 0.248 e. The lowest BCUT2D eigenvalue weighted by Gasteiger charge is -2.31. The van der Waals surface area contributed by atoms with Gasteiger partial charge in [0.15, 0.2) is 11.7 Å². The van der Waals surface area contributed by atoms with Gasteiger partial charge in [0, 0.05) is 41.9 Å². The number of carbonyl (C=O) groups is 1. The minimum atomic E-state index is -0.323. The number of carbonyl (C=O) groups excluding carboxylic acids is 1. The molecule has 1 aliphatic carbocycles. The lowest BCUT2D eigenvalue weighted by atomic mass is 9.90. The number of aromatic nitrogens is 4. The Balaban J connectivity index is 1.46. The van der Waals surface area contributed by atoms with E-state index in [2.05, 4.69) is 20.1 Å². The zero-order chi connectivity index (χ0) is 20.9. The van der Waals surface area contributed by atoms with Crippen molar-refractivity contribution in [1.82, 2.24) is 24.6 Å². The SMILES string of the molecule is O=C1CN=C(n2cnc(C3CC3)n2)C=C2c3cccc(-c4cc(F)ccn4)c3CCN12. The summed E-state index contributed by atoms with van der Waals surface area (Å²) in [4.78, 5) is 27.9. The van der Waals surface area contributed by atoms with Crippen molar-refractivity contribution in [2.24, 2.45) is 4.99 Å². The second kappa shape index (κ2) is 6.94. The number of hydrogen-bond acceptors (Lipinski definition) is 5. The Morgan fingerprint density at radius 2 is 1.97 bits per heavy atom. The first-order chi connectivity index (χ1) is 15.2. The summed E-state index contributed by atoms with van der Waals surface area (Å²) in [5.74, 6) is 1.49. The molecule has 0 radical (unpaired) electrons. The zero-order valence-corrected chi connectivity index (χ0v) is 16.7. The zero-order valence-electron chi connectivity index (χ0n) is 16.7. The van der Waals surface area contributed by atoms with Crippen LogP contribution in [-0.4, -0.2) is 49.5 Å². The second-order valence-corrected chi connectivity index (χ2v) is 8.01. The van der Waals surface area contributed by atoms with Gasteiger partial charge in [-0.05, 0) is 30.9 Å². The predicted octanol–water partition coefficient (Wildman–Crippen LogP) is 3.04. The van der Waals surface area contributed by atoms with E-state index in [0.29, 0.717) is 30.4 Å². The minimum Gasteiger partial charge on any atom is -0.310 e. The Hall–Kier alpha value is -3.68. The number of rotatable bonds is 2. The van der Waals surface area contributed by atoms with E-state index in [1.165, 1.54) is 18.3 Å². The predicted molar refractivity (Wildman–Crippen MR) is 113 cm³/mol. The van der Waals surface area contributed by atoms with E-state index in [9.17, 15) is 9.18 Å². The molecule has 0 atom stereocenters. The standard InChI is InChI=1S/C23H19FN6O/c24-15-6-8-25-19(10-15)17-2-1-3-18-16(17)7-9-29-20(18)11-21(26-12-22(29)31)30-13-27-23(28-30)14-4-5-14/h1-3,6,8,10-11,13-14H,4-5,7,9,12H2. The molecule has 0 saturated heterocycles. The molecule has 0 N–H and O–H groups in total. The Kier molecular flexibility index (Phi) is 4.05. The molecule has 3 aliphatic rings. The van der Waals surface area contributed by atoms with E-state index >= 15 is 0 Å². The lowest BCUT2D eigenvalue weighted by molar-refractivity contribution is -0.126. The number of benzene rings is 1. The molecule has 0 bridgehead atoms. The summed E-state index contributed by atoms with van der Waals surface area (Å²) >= 11 is 0. The molecule has 1 aromatic carbocycles. The van der Waals surface area contributed by atoms with Gasteiger partial charge in [-0.3, -0.25) is 14.8 Å². The van der Waals surface area contributed by atoms with E-state index in [0.717, 1.165) is 41.1 Å². The van der Waals surface area contributed by atoms with E-state index in [-0.39, 0.29) is 18.3 Å². The molecule has 8 heteroatoms. The third kappa shape index (κ3) is 3.15. The average molecular weight is 414 g/mol. The number of amides is 1. The highest BCUT2D eigenvalue weighted by Gasteiger charge is 2.31. The van der Waals surface area contributed by atoms with Crippen molar-refractivity contribution in [3.05, 3.63) is 71.7 Å². The van der Waals surface area contributed by atoms with Crippen LogP contribution in [0.3, 0.4) is 0 Å². The monoisotopic (exact) mass is 414 g/mol. The van der Waals surface area contributed by atoms with Gasteiger partial charge in [-0.2, -0.15) is 0 Å². The molecule has 1 fully saturated rings. The van der Waals surface area contributed by atoms with E-state index in [4.69, 9.17) is 0 Å². The van der Waals surface area contributed by atoms with Crippen LogP contribution in [0.25, 0.3) is 17.0 Å². The van der Waals surface area contributed by atoms with Crippen LogP contribution in [0.15, 0.2) is 53.9 Å². The van der Waals surface area contributed by atoms with Crippen LogP contribution in [0.4, 0.5) is 4.39 Å². The fraction of sp³-hybridized carbons (Fsp3) is 0.261.